The number of carbonyl (C=O) groups is 4. The van der Waals surface area contributed by atoms with Crippen molar-refractivity contribution in [1.82, 2.24) is 14.8 Å². The molecule has 0 fully saturated rings. The summed E-state index contributed by atoms with van der Waals surface area (Å²) < 4.78 is 5.63. The first kappa shape index (κ1) is 15.4. The molecule has 3 rings (SSSR count). The predicted molar refractivity (Wildman–Crippen MR) is 76.6 cm³/mol. The van der Waals surface area contributed by atoms with E-state index < -0.39 is 23.8 Å². The summed E-state index contributed by atoms with van der Waals surface area (Å²) in [6, 6.07) is 7.51. The molecule has 0 radical (unpaired) electrons. The van der Waals surface area contributed by atoms with Gasteiger partial charge in [-0.15, -0.1) is 0 Å². The van der Waals surface area contributed by atoms with E-state index in [1.54, 1.807) is 12.1 Å². The third-order valence-electron chi connectivity index (χ3n) is 3.28. The molecule has 0 aliphatic carbocycles. The molecule has 24 heavy (non-hydrogen) atoms. The van der Waals surface area contributed by atoms with E-state index in [0.29, 0.717) is 5.06 Å². The van der Waals surface area contributed by atoms with Crippen LogP contribution in [-0.4, -0.2) is 45.7 Å². The van der Waals surface area contributed by atoms with Gasteiger partial charge in [0.1, 0.15) is 6.54 Å². The summed E-state index contributed by atoms with van der Waals surface area (Å²) in [7, 11) is 1.21. The van der Waals surface area contributed by atoms with Gasteiger partial charge in [-0.3, -0.25) is 14.3 Å². The summed E-state index contributed by atoms with van der Waals surface area (Å²) in [5, 5.41) is 4.24. The van der Waals surface area contributed by atoms with Crippen molar-refractivity contribution in [3.8, 4) is 0 Å². The first-order valence-corrected chi connectivity index (χ1v) is 6.81. The van der Waals surface area contributed by atoms with Crippen molar-refractivity contribution in [1.29, 1.82) is 0 Å². The van der Waals surface area contributed by atoms with Crippen LogP contribution < -0.4 is 0 Å². The van der Waals surface area contributed by atoms with Crippen LogP contribution >= 0.6 is 0 Å². The molecular formula is C15H11N3O6. The second-order valence-electron chi connectivity index (χ2n) is 4.80. The zero-order valence-corrected chi connectivity index (χ0v) is 12.5. The third kappa shape index (κ3) is 2.62. The molecule has 1 aliphatic heterocycles. The van der Waals surface area contributed by atoms with Crippen LogP contribution in [-0.2, 0) is 20.9 Å². The number of esters is 1. The molecule has 0 atom stereocenters. The predicted octanol–water partition coefficient (Wildman–Crippen LogP) is 0.424. The van der Waals surface area contributed by atoms with E-state index in [4.69, 9.17) is 4.84 Å². The zero-order chi connectivity index (χ0) is 17.3. The van der Waals surface area contributed by atoms with Crippen molar-refractivity contribution in [2.24, 2.45) is 0 Å². The molecule has 0 unspecified atom stereocenters. The van der Waals surface area contributed by atoms with Crippen molar-refractivity contribution in [2.75, 3.05) is 7.11 Å². The monoisotopic (exact) mass is 329 g/mol. The Kier molecular flexibility index (Phi) is 3.82. The number of rotatable bonds is 4. The lowest BCUT2D eigenvalue weighted by molar-refractivity contribution is -0.169. The number of imide groups is 1. The largest absolute Gasteiger partial charge is 0.464 e. The minimum atomic E-state index is -0.885. The van der Waals surface area contributed by atoms with E-state index in [0.717, 1.165) is 4.68 Å². The van der Waals surface area contributed by atoms with Gasteiger partial charge in [0.25, 0.3) is 11.8 Å². The van der Waals surface area contributed by atoms with Crippen molar-refractivity contribution < 1.29 is 28.8 Å². The van der Waals surface area contributed by atoms with Crippen LogP contribution in [0, 0.1) is 0 Å². The highest BCUT2D eigenvalue weighted by Gasteiger charge is 2.38. The Morgan fingerprint density at radius 1 is 1.08 bits per heavy atom. The van der Waals surface area contributed by atoms with Gasteiger partial charge in [-0.25, -0.2) is 9.59 Å². The quantitative estimate of drug-likeness (QED) is 0.591. The molecule has 1 aromatic carbocycles. The SMILES string of the molecule is COC(=O)c1ccn(CC(=O)ON2C(=O)c3ccccc3C2=O)n1. The van der Waals surface area contributed by atoms with Gasteiger partial charge in [-0.05, 0) is 18.2 Å². The minimum Gasteiger partial charge on any atom is -0.464 e. The van der Waals surface area contributed by atoms with E-state index in [1.807, 2.05) is 0 Å². The van der Waals surface area contributed by atoms with Crippen LogP contribution in [0.1, 0.15) is 31.2 Å². The van der Waals surface area contributed by atoms with Crippen LogP contribution in [0.4, 0.5) is 0 Å². The lowest BCUT2D eigenvalue weighted by Gasteiger charge is -2.12. The van der Waals surface area contributed by atoms with Crippen LogP contribution in [0.2, 0.25) is 0 Å². The molecule has 2 aromatic rings. The van der Waals surface area contributed by atoms with Crippen molar-refractivity contribution >= 4 is 23.8 Å². The molecule has 0 N–H and O–H groups in total. The van der Waals surface area contributed by atoms with Crippen LogP contribution in [0.3, 0.4) is 0 Å². The number of carbonyl (C=O) groups excluding carboxylic acids is 4. The highest BCUT2D eigenvalue weighted by molar-refractivity contribution is 6.20. The zero-order valence-electron chi connectivity index (χ0n) is 12.5. The molecular weight excluding hydrogens is 318 g/mol. The fourth-order valence-electron chi connectivity index (χ4n) is 2.18. The Labute approximate surface area is 135 Å². The van der Waals surface area contributed by atoms with Gasteiger partial charge in [0.15, 0.2) is 5.69 Å². The summed E-state index contributed by atoms with van der Waals surface area (Å²) in [6.45, 7) is -0.385. The van der Waals surface area contributed by atoms with Crippen molar-refractivity contribution in [2.45, 2.75) is 6.54 Å². The topological polar surface area (TPSA) is 108 Å². The summed E-state index contributed by atoms with van der Waals surface area (Å²) >= 11 is 0. The van der Waals surface area contributed by atoms with Crippen LogP contribution in [0.15, 0.2) is 36.5 Å². The Hall–Kier alpha value is -3.49. The molecule has 0 saturated heterocycles. The number of hydroxylamine groups is 2. The number of fused-ring (bicyclic) bond motifs is 1. The van der Waals surface area contributed by atoms with Gasteiger partial charge in [0, 0.05) is 6.20 Å². The van der Waals surface area contributed by atoms with Crippen LogP contribution in [0.25, 0.3) is 0 Å². The highest BCUT2D eigenvalue weighted by Crippen LogP contribution is 2.22. The molecule has 0 spiro atoms. The lowest BCUT2D eigenvalue weighted by Crippen LogP contribution is -2.34. The summed E-state index contributed by atoms with van der Waals surface area (Å²) in [5.74, 6) is -2.95. The smallest absolute Gasteiger partial charge is 0.358 e. The number of hydrogen-bond donors (Lipinski definition) is 0. The summed E-state index contributed by atoms with van der Waals surface area (Å²) in [6.07, 6.45) is 1.37. The molecule has 9 heteroatoms. The van der Waals surface area contributed by atoms with Crippen molar-refractivity contribution in [3.05, 3.63) is 53.3 Å². The van der Waals surface area contributed by atoms with Gasteiger partial charge in [0.05, 0.1) is 18.2 Å². The maximum absolute atomic E-state index is 12.1. The normalized spacial score (nSPS) is 13.0. The Balaban J connectivity index is 1.68. The van der Waals surface area contributed by atoms with E-state index in [1.165, 1.54) is 31.5 Å². The first-order chi connectivity index (χ1) is 11.5. The number of ether oxygens (including phenoxy) is 1. The lowest BCUT2D eigenvalue weighted by atomic mass is 10.1. The number of hydrogen-bond acceptors (Lipinski definition) is 7. The fourth-order valence-corrected chi connectivity index (χ4v) is 2.18. The molecule has 2 amide bonds. The van der Waals surface area contributed by atoms with Gasteiger partial charge in [-0.1, -0.05) is 17.2 Å². The standard InChI is InChI=1S/C15H11N3O6/c1-23-15(22)11-6-7-17(16-11)8-12(19)24-18-13(20)9-4-2-3-5-10(9)14(18)21/h2-7H,8H2,1H3. The number of benzene rings is 1. The highest BCUT2D eigenvalue weighted by atomic mass is 16.7. The molecule has 0 bridgehead atoms. The van der Waals surface area contributed by atoms with Gasteiger partial charge in [-0.2, -0.15) is 5.10 Å². The Morgan fingerprint density at radius 3 is 2.29 bits per heavy atom. The fraction of sp³-hybridized carbons (Fsp3) is 0.133. The van der Waals surface area contributed by atoms with E-state index in [9.17, 15) is 19.2 Å². The number of aromatic nitrogens is 2. The summed E-state index contributed by atoms with van der Waals surface area (Å²) in [5.41, 5.74) is 0.357. The molecule has 1 aromatic heterocycles. The van der Waals surface area contributed by atoms with E-state index >= 15 is 0 Å². The Bertz CT molecular complexity index is 821. The van der Waals surface area contributed by atoms with Gasteiger partial charge < -0.3 is 9.57 Å². The molecule has 9 nitrogen and oxygen atoms in total. The first-order valence-electron chi connectivity index (χ1n) is 6.81. The van der Waals surface area contributed by atoms with Gasteiger partial charge >= 0.3 is 11.9 Å². The maximum atomic E-state index is 12.1. The van der Waals surface area contributed by atoms with Gasteiger partial charge in [0.2, 0.25) is 0 Å². The van der Waals surface area contributed by atoms with E-state index in [-0.39, 0.29) is 23.4 Å². The molecule has 1 aliphatic rings. The molecule has 0 saturated carbocycles. The number of methoxy groups -OCH3 is 1. The number of amides is 2. The average molecular weight is 329 g/mol. The second kappa shape index (κ2) is 5.95. The molecule has 122 valence electrons. The molecule has 2 heterocycles. The third-order valence-corrected chi connectivity index (χ3v) is 3.28. The Morgan fingerprint density at radius 2 is 1.71 bits per heavy atom. The maximum Gasteiger partial charge on any atom is 0.358 e. The number of nitrogens with zero attached hydrogens (tertiary/aromatic N) is 3. The average Bonchev–Trinajstić information content (AvgIpc) is 3.14. The second-order valence-corrected chi connectivity index (χ2v) is 4.80. The van der Waals surface area contributed by atoms with E-state index in [2.05, 4.69) is 9.84 Å². The van der Waals surface area contributed by atoms with Crippen LogP contribution in [0.5, 0.6) is 0 Å². The van der Waals surface area contributed by atoms with Crippen molar-refractivity contribution in [3.63, 3.8) is 0 Å². The minimum absolute atomic E-state index is 0.0195. The summed E-state index contributed by atoms with van der Waals surface area (Å²) in [4.78, 5) is 52.2.